The van der Waals surface area contributed by atoms with Gasteiger partial charge in [-0.2, -0.15) is 0 Å². The van der Waals surface area contributed by atoms with Gasteiger partial charge in [-0.3, -0.25) is 0 Å². The fraction of sp³-hybridized carbons (Fsp3) is 0.500. The molecule has 2 nitrogen and oxygen atoms in total. The Kier molecular flexibility index (Phi) is 2.33. The van der Waals surface area contributed by atoms with Crippen LogP contribution in [0.1, 0.15) is 23.1 Å². The third-order valence-corrected chi connectivity index (χ3v) is 3.25. The van der Waals surface area contributed by atoms with E-state index in [2.05, 4.69) is 25.1 Å². The van der Waals surface area contributed by atoms with Gasteiger partial charge in [-0.05, 0) is 36.5 Å². The molecule has 1 unspecified atom stereocenters. The van der Waals surface area contributed by atoms with Crippen LogP contribution in [0.2, 0.25) is 0 Å². The van der Waals surface area contributed by atoms with Crippen LogP contribution in [0, 0.1) is 6.92 Å². The molecule has 76 valence electrons. The zero-order valence-corrected chi connectivity index (χ0v) is 8.59. The highest BCUT2D eigenvalue weighted by Gasteiger charge is 2.30. The van der Waals surface area contributed by atoms with Crippen LogP contribution in [0.4, 0.5) is 0 Å². The Hall–Kier alpha value is -0.860. The molecular weight excluding hydrogens is 174 g/mol. The Balaban J connectivity index is 2.36. The lowest BCUT2D eigenvalue weighted by Gasteiger charge is -2.33. The van der Waals surface area contributed by atoms with Crippen LogP contribution in [-0.4, -0.2) is 17.3 Å². The number of aliphatic hydroxyl groups is 1. The van der Waals surface area contributed by atoms with E-state index in [0.717, 1.165) is 12.8 Å². The third-order valence-electron chi connectivity index (χ3n) is 3.25. The lowest BCUT2D eigenvalue weighted by atomic mass is 9.79. The van der Waals surface area contributed by atoms with Crippen LogP contribution in [-0.2, 0) is 12.8 Å². The molecule has 14 heavy (non-hydrogen) atoms. The number of aryl methyl sites for hydroxylation is 1. The van der Waals surface area contributed by atoms with E-state index < -0.39 is 5.60 Å². The molecule has 0 spiro atoms. The Morgan fingerprint density at radius 2 is 2.29 bits per heavy atom. The lowest BCUT2D eigenvalue weighted by Crippen LogP contribution is -2.43. The second-order valence-corrected chi connectivity index (χ2v) is 4.32. The monoisotopic (exact) mass is 191 g/mol. The standard InChI is InChI=1S/C12H17NO/c1-9-3-2-4-10-7-12(14,8-13)6-5-11(9)10/h2-4,14H,5-8,13H2,1H3. The van der Waals surface area contributed by atoms with Crippen LogP contribution >= 0.6 is 0 Å². The first kappa shape index (κ1) is 9.69. The van der Waals surface area contributed by atoms with Crippen molar-refractivity contribution in [3.05, 3.63) is 34.9 Å². The highest BCUT2D eigenvalue weighted by molar-refractivity contribution is 5.37. The predicted molar refractivity (Wildman–Crippen MR) is 57.2 cm³/mol. The van der Waals surface area contributed by atoms with Crippen molar-refractivity contribution in [1.29, 1.82) is 0 Å². The van der Waals surface area contributed by atoms with Crippen LogP contribution < -0.4 is 5.73 Å². The number of rotatable bonds is 1. The summed E-state index contributed by atoms with van der Waals surface area (Å²) in [4.78, 5) is 0. The van der Waals surface area contributed by atoms with Crippen molar-refractivity contribution in [2.45, 2.75) is 31.8 Å². The van der Waals surface area contributed by atoms with Crippen molar-refractivity contribution in [2.75, 3.05) is 6.54 Å². The molecule has 1 aliphatic rings. The summed E-state index contributed by atoms with van der Waals surface area (Å²) in [7, 11) is 0. The number of fused-ring (bicyclic) bond motifs is 1. The van der Waals surface area contributed by atoms with E-state index in [1.807, 2.05) is 0 Å². The van der Waals surface area contributed by atoms with E-state index in [-0.39, 0.29) is 0 Å². The SMILES string of the molecule is Cc1cccc2c1CCC(O)(CN)C2. The number of nitrogens with two attached hydrogens (primary N) is 1. The average Bonchev–Trinajstić information content (AvgIpc) is 2.18. The van der Waals surface area contributed by atoms with Gasteiger partial charge in [0.1, 0.15) is 0 Å². The third kappa shape index (κ3) is 1.56. The maximum atomic E-state index is 10.1. The highest BCUT2D eigenvalue weighted by Crippen LogP contribution is 2.29. The summed E-state index contributed by atoms with van der Waals surface area (Å²) in [6, 6.07) is 6.28. The van der Waals surface area contributed by atoms with Crippen LogP contribution in [0.15, 0.2) is 18.2 Å². The maximum absolute atomic E-state index is 10.1. The molecule has 1 aromatic rings. The molecule has 0 radical (unpaired) electrons. The molecule has 1 atom stereocenters. The van der Waals surface area contributed by atoms with E-state index in [0.29, 0.717) is 13.0 Å². The maximum Gasteiger partial charge on any atom is 0.0812 e. The molecule has 2 heteroatoms. The minimum Gasteiger partial charge on any atom is -0.388 e. The van der Waals surface area contributed by atoms with Crippen LogP contribution in [0.5, 0.6) is 0 Å². The summed E-state index contributed by atoms with van der Waals surface area (Å²) >= 11 is 0. The van der Waals surface area contributed by atoms with Gasteiger partial charge in [0.2, 0.25) is 0 Å². The smallest absolute Gasteiger partial charge is 0.0812 e. The molecule has 0 aromatic heterocycles. The molecule has 0 heterocycles. The van der Waals surface area contributed by atoms with E-state index in [9.17, 15) is 5.11 Å². The molecule has 3 N–H and O–H groups in total. The van der Waals surface area contributed by atoms with Crippen molar-refractivity contribution in [2.24, 2.45) is 5.73 Å². The van der Waals surface area contributed by atoms with Gasteiger partial charge in [-0.15, -0.1) is 0 Å². The fourth-order valence-electron chi connectivity index (χ4n) is 2.26. The van der Waals surface area contributed by atoms with Gasteiger partial charge in [0.25, 0.3) is 0 Å². The fourth-order valence-corrected chi connectivity index (χ4v) is 2.26. The Labute approximate surface area is 84.7 Å². The number of benzene rings is 1. The lowest BCUT2D eigenvalue weighted by molar-refractivity contribution is 0.0353. The Morgan fingerprint density at radius 1 is 1.50 bits per heavy atom. The molecule has 1 aliphatic carbocycles. The van der Waals surface area contributed by atoms with Crippen molar-refractivity contribution >= 4 is 0 Å². The van der Waals surface area contributed by atoms with E-state index >= 15 is 0 Å². The van der Waals surface area contributed by atoms with Gasteiger partial charge in [-0.25, -0.2) is 0 Å². The molecule has 0 saturated carbocycles. The van der Waals surface area contributed by atoms with Gasteiger partial charge >= 0.3 is 0 Å². The largest absolute Gasteiger partial charge is 0.388 e. The van der Waals surface area contributed by atoms with Crippen molar-refractivity contribution < 1.29 is 5.11 Å². The van der Waals surface area contributed by atoms with Crippen molar-refractivity contribution in [3.8, 4) is 0 Å². The van der Waals surface area contributed by atoms with E-state index in [1.165, 1.54) is 16.7 Å². The van der Waals surface area contributed by atoms with E-state index in [4.69, 9.17) is 5.73 Å². The first-order valence-electron chi connectivity index (χ1n) is 5.14. The number of hydrogen-bond donors (Lipinski definition) is 2. The van der Waals surface area contributed by atoms with Gasteiger partial charge < -0.3 is 10.8 Å². The summed E-state index contributed by atoms with van der Waals surface area (Å²) in [6.07, 6.45) is 2.46. The predicted octanol–water partition coefficient (Wildman–Crippen LogP) is 1.17. The summed E-state index contributed by atoms with van der Waals surface area (Å²) in [5.41, 5.74) is 8.93. The molecular formula is C12H17NO. The van der Waals surface area contributed by atoms with Crippen LogP contribution in [0.25, 0.3) is 0 Å². The van der Waals surface area contributed by atoms with E-state index in [1.54, 1.807) is 0 Å². The minimum atomic E-state index is -0.666. The molecule has 2 rings (SSSR count). The van der Waals surface area contributed by atoms with Crippen LogP contribution in [0.3, 0.4) is 0 Å². The summed E-state index contributed by atoms with van der Waals surface area (Å²) in [6.45, 7) is 2.49. The average molecular weight is 191 g/mol. The first-order valence-corrected chi connectivity index (χ1v) is 5.14. The molecule has 0 amide bonds. The summed E-state index contributed by atoms with van der Waals surface area (Å²) in [5.74, 6) is 0. The molecule has 0 saturated heterocycles. The highest BCUT2D eigenvalue weighted by atomic mass is 16.3. The second kappa shape index (κ2) is 3.37. The van der Waals surface area contributed by atoms with Gasteiger partial charge in [0.15, 0.2) is 0 Å². The Morgan fingerprint density at radius 3 is 3.00 bits per heavy atom. The molecule has 0 fully saturated rings. The zero-order valence-electron chi connectivity index (χ0n) is 8.59. The molecule has 0 bridgehead atoms. The minimum absolute atomic E-state index is 0.361. The topological polar surface area (TPSA) is 46.2 Å². The Bertz CT molecular complexity index is 348. The second-order valence-electron chi connectivity index (χ2n) is 4.32. The van der Waals surface area contributed by atoms with Gasteiger partial charge in [0.05, 0.1) is 5.60 Å². The molecule has 1 aromatic carbocycles. The number of hydrogen-bond acceptors (Lipinski definition) is 2. The first-order chi connectivity index (χ1) is 6.64. The summed E-state index contributed by atoms with van der Waals surface area (Å²) in [5, 5.41) is 10.1. The summed E-state index contributed by atoms with van der Waals surface area (Å²) < 4.78 is 0. The molecule has 0 aliphatic heterocycles. The van der Waals surface area contributed by atoms with Crippen molar-refractivity contribution in [1.82, 2.24) is 0 Å². The van der Waals surface area contributed by atoms with Gasteiger partial charge in [0, 0.05) is 13.0 Å². The van der Waals surface area contributed by atoms with Gasteiger partial charge in [-0.1, -0.05) is 18.2 Å². The normalized spacial score (nSPS) is 25.9. The quantitative estimate of drug-likeness (QED) is 0.700. The zero-order chi connectivity index (χ0) is 10.2. The van der Waals surface area contributed by atoms with Crippen molar-refractivity contribution in [3.63, 3.8) is 0 Å².